The van der Waals surface area contributed by atoms with E-state index in [4.69, 9.17) is 5.21 Å². The molecule has 0 radical (unpaired) electrons. The molecule has 3 fully saturated rings. The number of aliphatic hydroxyl groups is 2. The van der Waals surface area contributed by atoms with Crippen molar-refractivity contribution >= 4 is 5.91 Å². The molecule has 0 saturated heterocycles. The van der Waals surface area contributed by atoms with Gasteiger partial charge < -0.3 is 10.2 Å². The summed E-state index contributed by atoms with van der Waals surface area (Å²) in [6, 6.07) is 0. The number of hydrogen-bond donors (Lipinski definition) is 4. The molecule has 0 bridgehead atoms. The number of allylic oxidation sites excluding steroid dienone is 3. The van der Waals surface area contributed by atoms with Gasteiger partial charge in [0.15, 0.2) is 0 Å². The molecule has 0 aromatic rings. The zero-order chi connectivity index (χ0) is 21.7. The van der Waals surface area contributed by atoms with Crippen LogP contribution in [0.2, 0.25) is 0 Å². The molecule has 0 unspecified atom stereocenters. The lowest BCUT2D eigenvalue weighted by Crippen LogP contribution is -2.36. The molecule has 1 amide bonds. The minimum atomic E-state index is -0.407. The van der Waals surface area contributed by atoms with Crippen molar-refractivity contribution in [2.24, 2.45) is 23.2 Å². The lowest BCUT2D eigenvalue weighted by molar-refractivity contribution is -0.129. The van der Waals surface area contributed by atoms with Crippen LogP contribution in [0.25, 0.3) is 0 Å². The Morgan fingerprint density at radius 2 is 1.93 bits per heavy atom. The second kappa shape index (κ2) is 10.4. The highest BCUT2D eigenvalue weighted by molar-refractivity contribution is 5.74. The predicted molar refractivity (Wildman–Crippen MR) is 118 cm³/mol. The van der Waals surface area contributed by atoms with Crippen molar-refractivity contribution in [2.45, 2.75) is 103 Å². The van der Waals surface area contributed by atoms with Gasteiger partial charge in [0.05, 0.1) is 12.2 Å². The summed E-state index contributed by atoms with van der Waals surface area (Å²) in [7, 11) is 0. The Kier molecular flexibility index (Phi) is 8.17. The van der Waals surface area contributed by atoms with Crippen LogP contribution in [0.4, 0.5) is 0 Å². The third-order valence-corrected chi connectivity index (χ3v) is 8.24. The van der Waals surface area contributed by atoms with E-state index >= 15 is 0 Å². The lowest BCUT2D eigenvalue weighted by Gasteiger charge is -2.44. The fourth-order valence-electron chi connectivity index (χ4n) is 6.75. The third-order valence-electron chi connectivity index (χ3n) is 8.24. The summed E-state index contributed by atoms with van der Waals surface area (Å²) in [6.07, 6.45) is 15.2. The average Bonchev–Trinajstić information content (AvgIpc) is 3.06. The van der Waals surface area contributed by atoms with Crippen LogP contribution >= 0.6 is 0 Å². The highest BCUT2D eigenvalue weighted by atomic mass is 16.5. The van der Waals surface area contributed by atoms with Gasteiger partial charge in [0, 0.05) is 6.42 Å². The molecule has 0 aromatic carbocycles. The van der Waals surface area contributed by atoms with Gasteiger partial charge in [-0.15, -0.1) is 0 Å². The maximum absolute atomic E-state index is 11.2. The van der Waals surface area contributed by atoms with E-state index in [1.165, 1.54) is 37.7 Å². The zero-order valence-corrected chi connectivity index (χ0v) is 18.8. The quantitative estimate of drug-likeness (QED) is 0.274. The molecule has 5 heteroatoms. The molecule has 30 heavy (non-hydrogen) atoms. The molecule has 0 spiro atoms. The van der Waals surface area contributed by atoms with E-state index < -0.39 is 12.2 Å². The molecule has 5 nitrogen and oxygen atoms in total. The van der Waals surface area contributed by atoms with E-state index in [-0.39, 0.29) is 5.91 Å². The van der Waals surface area contributed by atoms with Crippen LogP contribution in [-0.2, 0) is 4.79 Å². The first-order valence-corrected chi connectivity index (χ1v) is 12.0. The largest absolute Gasteiger partial charge is 0.393 e. The molecule has 3 saturated carbocycles. The second-order valence-electron chi connectivity index (χ2n) is 10.4. The minimum absolute atomic E-state index is 0.287. The van der Waals surface area contributed by atoms with Crippen molar-refractivity contribution in [1.82, 2.24) is 5.48 Å². The number of rotatable bonds is 7. The van der Waals surface area contributed by atoms with Crippen molar-refractivity contribution in [3.8, 4) is 0 Å². The lowest BCUT2D eigenvalue weighted by atomic mass is 9.60. The molecule has 0 aliphatic heterocycles. The van der Waals surface area contributed by atoms with Crippen molar-refractivity contribution in [3.05, 3.63) is 23.3 Å². The molecular formula is C25H41NO4. The Morgan fingerprint density at radius 3 is 2.63 bits per heavy atom. The fourth-order valence-corrected chi connectivity index (χ4v) is 6.75. The van der Waals surface area contributed by atoms with Crippen molar-refractivity contribution in [1.29, 1.82) is 0 Å². The molecule has 6 atom stereocenters. The number of hydrogen-bond acceptors (Lipinski definition) is 4. The van der Waals surface area contributed by atoms with Crippen LogP contribution < -0.4 is 5.48 Å². The summed E-state index contributed by atoms with van der Waals surface area (Å²) < 4.78 is 0. The van der Waals surface area contributed by atoms with Crippen molar-refractivity contribution < 1.29 is 20.2 Å². The Balaban J connectivity index is 1.61. The number of nitrogens with one attached hydrogen (secondary N) is 1. The molecule has 4 N–H and O–H groups in total. The van der Waals surface area contributed by atoms with Gasteiger partial charge in [0.25, 0.3) is 0 Å². The summed E-state index contributed by atoms with van der Waals surface area (Å²) in [5, 5.41) is 28.5. The summed E-state index contributed by atoms with van der Waals surface area (Å²) in [6.45, 7) is 4.88. The number of fused-ring (bicyclic) bond motifs is 1. The van der Waals surface area contributed by atoms with Crippen LogP contribution in [0, 0.1) is 23.2 Å². The van der Waals surface area contributed by atoms with Gasteiger partial charge >= 0.3 is 0 Å². The predicted octanol–water partition coefficient (Wildman–Crippen LogP) is 4.66. The number of carbonyl (C=O) groups excluding carboxylic acids is 1. The smallest absolute Gasteiger partial charge is 0.243 e. The second-order valence-corrected chi connectivity index (χ2v) is 10.4. The van der Waals surface area contributed by atoms with Gasteiger partial charge in [-0.25, -0.2) is 5.48 Å². The number of carbonyl (C=O) groups is 1. The normalized spacial score (nSPS) is 36.4. The van der Waals surface area contributed by atoms with E-state index in [9.17, 15) is 15.0 Å². The topological polar surface area (TPSA) is 89.8 Å². The summed E-state index contributed by atoms with van der Waals surface area (Å²) in [5.41, 5.74) is 4.82. The van der Waals surface area contributed by atoms with Gasteiger partial charge in [0.1, 0.15) is 0 Å². The maximum atomic E-state index is 11.2. The van der Waals surface area contributed by atoms with Gasteiger partial charge in [0.2, 0.25) is 5.91 Å². The minimum Gasteiger partial charge on any atom is -0.393 e. The Labute approximate surface area is 181 Å². The van der Waals surface area contributed by atoms with Gasteiger partial charge in [-0.3, -0.25) is 10.0 Å². The molecule has 3 rings (SSSR count). The summed E-state index contributed by atoms with van der Waals surface area (Å²) in [5.74, 6) is 1.74. The van der Waals surface area contributed by atoms with Crippen LogP contribution in [0.5, 0.6) is 0 Å². The van der Waals surface area contributed by atoms with E-state index in [0.29, 0.717) is 42.9 Å². The van der Waals surface area contributed by atoms with Crippen molar-refractivity contribution in [2.75, 3.05) is 0 Å². The zero-order valence-electron chi connectivity index (χ0n) is 18.8. The van der Waals surface area contributed by atoms with Gasteiger partial charge in [-0.05, 0) is 81.0 Å². The number of amides is 1. The molecule has 0 heterocycles. The molecule has 170 valence electrons. The van der Waals surface area contributed by atoms with Gasteiger partial charge in [-0.2, -0.15) is 0 Å². The van der Waals surface area contributed by atoms with Crippen LogP contribution in [0.1, 0.15) is 90.9 Å². The number of hydroxylamine groups is 1. The van der Waals surface area contributed by atoms with Crippen molar-refractivity contribution in [3.63, 3.8) is 0 Å². The first-order valence-electron chi connectivity index (χ1n) is 12.0. The first-order chi connectivity index (χ1) is 14.3. The van der Waals surface area contributed by atoms with E-state index in [1.54, 1.807) is 11.1 Å². The molecule has 3 aliphatic rings. The van der Waals surface area contributed by atoms with E-state index in [0.717, 1.165) is 25.2 Å². The Hall–Kier alpha value is -1.17. The Bertz CT molecular complexity index is 646. The Morgan fingerprint density at radius 1 is 1.20 bits per heavy atom. The third kappa shape index (κ3) is 5.54. The molecule has 3 aliphatic carbocycles. The molecule has 0 aromatic heterocycles. The highest BCUT2D eigenvalue weighted by Gasteiger charge is 2.50. The average molecular weight is 420 g/mol. The monoisotopic (exact) mass is 419 g/mol. The van der Waals surface area contributed by atoms with Crippen LogP contribution in [0.3, 0.4) is 0 Å². The summed E-state index contributed by atoms with van der Waals surface area (Å²) >= 11 is 0. The number of unbranched alkanes of at least 4 members (excludes halogenated alkanes) is 1. The highest BCUT2D eigenvalue weighted by Crippen LogP contribution is 2.59. The van der Waals surface area contributed by atoms with E-state index in [1.807, 2.05) is 0 Å². The van der Waals surface area contributed by atoms with E-state index in [2.05, 4.69) is 26.0 Å². The SMILES string of the molecule is C[C@H](CCCCC(=O)NO)[C@H]1CC[C@H]2/C(=C\C=C3C[C@@H](O)C[C@H](O)C3)CCC[C@]12C. The van der Waals surface area contributed by atoms with Crippen LogP contribution in [0.15, 0.2) is 23.3 Å². The first kappa shape index (κ1) is 23.5. The number of aliphatic hydroxyl groups excluding tert-OH is 2. The van der Waals surface area contributed by atoms with Crippen LogP contribution in [-0.4, -0.2) is 33.5 Å². The van der Waals surface area contributed by atoms with Gasteiger partial charge in [-0.1, -0.05) is 50.0 Å². The molecular weight excluding hydrogens is 378 g/mol. The fraction of sp³-hybridized carbons (Fsp3) is 0.800. The maximum Gasteiger partial charge on any atom is 0.243 e. The summed E-state index contributed by atoms with van der Waals surface area (Å²) in [4.78, 5) is 11.2. The standard InChI is InChI=1S/C25H41NO4/c1-17(6-3-4-8-24(29)26-30)22-11-12-23-19(7-5-13-25(22,23)2)10-9-18-14-20(27)16-21(28)15-18/h9-10,17,20-23,27-28,30H,3-8,11-16H2,1-2H3,(H,26,29)/b19-10-/t17-,20-,21-,22-,23+,25-/m1/s1.